The molecule has 0 bridgehead atoms. The lowest BCUT2D eigenvalue weighted by atomic mass is 10.0. The largest absolute Gasteiger partial charge is 0.491 e. The molecule has 1 aliphatic carbocycles. The Kier molecular flexibility index (Phi) is 4.81. The van der Waals surface area contributed by atoms with E-state index in [1.165, 1.54) is 49.7 Å². The smallest absolute Gasteiger partial charge is 0.119 e. The normalized spacial score (nSPS) is 23.8. The molecule has 1 saturated heterocycles. The Balaban J connectivity index is 1.48. The van der Waals surface area contributed by atoms with Crippen LogP contribution in [0.3, 0.4) is 0 Å². The number of hydrogen-bond donors (Lipinski definition) is 1. The summed E-state index contributed by atoms with van der Waals surface area (Å²) in [6, 6.07) is 6.96. The molecule has 21 heavy (non-hydrogen) atoms. The average Bonchev–Trinajstić information content (AvgIpc) is 2.95. The van der Waals surface area contributed by atoms with E-state index in [1.54, 1.807) is 0 Å². The van der Waals surface area contributed by atoms with Crippen LogP contribution >= 0.6 is 0 Å². The molecule has 2 atom stereocenters. The zero-order valence-corrected chi connectivity index (χ0v) is 13.1. The van der Waals surface area contributed by atoms with E-state index in [1.807, 2.05) is 6.07 Å². The number of aliphatic hydroxyl groups excluding tert-OH is 1. The van der Waals surface area contributed by atoms with Crippen molar-refractivity contribution in [3.8, 4) is 5.75 Å². The first-order valence-corrected chi connectivity index (χ1v) is 8.39. The van der Waals surface area contributed by atoms with Gasteiger partial charge in [-0.05, 0) is 68.8 Å². The zero-order valence-electron chi connectivity index (χ0n) is 13.1. The number of aryl methyl sites for hydroxylation is 2. The van der Waals surface area contributed by atoms with Gasteiger partial charge in [-0.3, -0.25) is 4.90 Å². The zero-order chi connectivity index (χ0) is 14.7. The second-order valence-corrected chi connectivity index (χ2v) is 6.59. The van der Waals surface area contributed by atoms with Crippen molar-refractivity contribution in [2.75, 3.05) is 19.7 Å². The van der Waals surface area contributed by atoms with Crippen LogP contribution in [0.25, 0.3) is 0 Å². The molecule has 1 N–H and O–H groups in total. The molecule has 116 valence electrons. The van der Waals surface area contributed by atoms with E-state index >= 15 is 0 Å². The van der Waals surface area contributed by atoms with Gasteiger partial charge in [0.25, 0.3) is 0 Å². The fourth-order valence-corrected chi connectivity index (χ4v) is 3.58. The summed E-state index contributed by atoms with van der Waals surface area (Å²) in [4.78, 5) is 2.39. The Morgan fingerprint density at radius 3 is 2.95 bits per heavy atom. The van der Waals surface area contributed by atoms with Crippen molar-refractivity contribution in [3.05, 3.63) is 29.3 Å². The summed E-state index contributed by atoms with van der Waals surface area (Å²) in [6.45, 7) is 4.48. The van der Waals surface area contributed by atoms with Gasteiger partial charge < -0.3 is 9.84 Å². The molecule has 1 fully saturated rings. The Bertz CT molecular complexity index is 474. The number of fused-ring (bicyclic) bond motifs is 1. The third-order valence-electron chi connectivity index (χ3n) is 4.90. The second-order valence-electron chi connectivity index (χ2n) is 6.59. The van der Waals surface area contributed by atoms with Crippen LogP contribution < -0.4 is 4.74 Å². The minimum atomic E-state index is -0.404. The third-order valence-corrected chi connectivity index (χ3v) is 4.90. The summed E-state index contributed by atoms with van der Waals surface area (Å²) < 4.78 is 5.79. The Hall–Kier alpha value is -1.06. The van der Waals surface area contributed by atoms with Crippen LogP contribution in [-0.4, -0.2) is 41.8 Å². The van der Waals surface area contributed by atoms with Gasteiger partial charge in [0, 0.05) is 12.6 Å². The molecule has 0 aromatic heterocycles. The number of β-amino-alcohol motifs (C(OH)–C–C–N with tert-alkyl or cyclic N) is 1. The number of aliphatic hydroxyl groups is 1. The van der Waals surface area contributed by atoms with Gasteiger partial charge in [-0.2, -0.15) is 0 Å². The van der Waals surface area contributed by atoms with Gasteiger partial charge in [0.2, 0.25) is 0 Å². The summed E-state index contributed by atoms with van der Waals surface area (Å²) >= 11 is 0. The van der Waals surface area contributed by atoms with Crippen molar-refractivity contribution in [1.82, 2.24) is 4.90 Å². The topological polar surface area (TPSA) is 32.7 Å². The predicted molar refractivity (Wildman–Crippen MR) is 84.9 cm³/mol. The lowest BCUT2D eigenvalue weighted by molar-refractivity contribution is 0.0437. The van der Waals surface area contributed by atoms with Crippen molar-refractivity contribution in [2.24, 2.45) is 0 Å². The summed E-state index contributed by atoms with van der Waals surface area (Å²) in [5.41, 5.74) is 2.89. The highest BCUT2D eigenvalue weighted by molar-refractivity contribution is 5.38. The molecule has 0 spiro atoms. The first-order valence-electron chi connectivity index (χ1n) is 8.39. The molecule has 3 rings (SSSR count). The van der Waals surface area contributed by atoms with Gasteiger partial charge in [-0.15, -0.1) is 0 Å². The van der Waals surface area contributed by atoms with E-state index in [9.17, 15) is 5.11 Å². The van der Waals surface area contributed by atoms with Crippen molar-refractivity contribution >= 4 is 0 Å². The lowest BCUT2D eigenvalue weighted by Crippen LogP contribution is -2.43. The molecular weight excluding hydrogens is 262 g/mol. The molecule has 3 heteroatoms. The SMILES string of the molecule is C[C@H]1CCCCN1C[C@@H](O)COc1ccc2c(c1)CCC2. The molecule has 2 aliphatic rings. The van der Waals surface area contributed by atoms with Crippen molar-refractivity contribution < 1.29 is 9.84 Å². The molecule has 1 heterocycles. The Morgan fingerprint density at radius 2 is 2.10 bits per heavy atom. The fourth-order valence-electron chi connectivity index (χ4n) is 3.58. The van der Waals surface area contributed by atoms with Crippen LogP contribution in [0.2, 0.25) is 0 Å². The van der Waals surface area contributed by atoms with Crippen LogP contribution in [-0.2, 0) is 12.8 Å². The minimum Gasteiger partial charge on any atom is -0.491 e. The van der Waals surface area contributed by atoms with Crippen LogP contribution in [0.1, 0.15) is 43.7 Å². The molecule has 3 nitrogen and oxygen atoms in total. The molecule has 0 amide bonds. The number of likely N-dealkylation sites (tertiary alicyclic amines) is 1. The van der Waals surface area contributed by atoms with E-state index < -0.39 is 6.10 Å². The van der Waals surface area contributed by atoms with Gasteiger partial charge >= 0.3 is 0 Å². The van der Waals surface area contributed by atoms with Gasteiger partial charge in [-0.1, -0.05) is 12.5 Å². The fraction of sp³-hybridized carbons (Fsp3) is 0.667. The van der Waals surface area contributed by atoms with Crippen LogP contribution in [0.4, 0.5) is 0 Å². The van der Waals surface area contributed by atoms with Gasteiger partial charge in [0.1, 0.15) is 18.5 Å². The summed E-state index contributed by atoms with van der Waals surface area (Å²) in [7, 11) is 0. The van der Waals surface area contributed by atoms with E-state index in [0.717, 1.165) is 18.8 Å². The van der Waals surface area contributed by atoms with Crippen molar-refractivity contribution in [2.45, 2.75) is 57.6 Å². The van der Waals surface area contributed by atoms with Crippen LogP contribution in [0.15, 0.2) is 18.2 Å². The van der Waals surface area contributed by atoms with E-state index in [2.05, 4.69) is 24.0 Å². The maximum Gasteiger partial charge on any atom is 0.119 e. The molecule has 1 aromatic rings. The number of nitrogens with zero attached hydrogens (tertiary/aromatic N) is 1. The molecule has 1 aliphatic heterocycles. The lowest BCUT2D eigenvalue weighted by Gasteiger charge is -2.34. The second kappa shape index (κ2) is 6.80. The van der Waals surface area contributed by atoms with Crippen molar-refractivity contribution in [1.29, 1.82) is 0 Å². The predicted octanol–water partition coefficient (Wildman–Crippen LogP) is 2.79. The summed E-state index contributed by atoms with van der Waals surface area (Å²) in [5, 5.41) is 10.2. The molecule has 0 radical (unpaired) electrons. The van der Waals surface area contributed by atoms with E-state index in [-0.39, 0.29) is 0 Å². The summed E-state index contributed by atoms with van der Waals surface area (Å²) in [6.07, 6.45) is 7.04. The van der Waals surface area contributed by atoms with Crippen molar-refractivity contribution in [3.63, 3.8) is 0 Å². The number of hydrogen-bond acceptors (Lipinski definition) is 3. The number of rotatable bonds is 5. The maximum absolute atomic E-state index is 10.2. The highest BCUT2D eigenvalue weighted by Gasteiger charge is 2.21. The highest BCUT2D eigenvalue weighted by atomic mass is 16.5. The number of benzene rings is 1. The minimum absolute atomic E-state index is 0.391. The van der Waals surface area contributed by atoms with Gasteiger partial charge in [-0.25, -0.2) is 0 Å². The van der Waals surface area contributed by atoms with E-state index in [0.29, 0.717) is 12.6 Å². The monoisotopic (exact) mass is 289 g/mol. The third kappa shape index (κ3) is 3.78. The quantitative estimate of drug-likeness (QED) is 0.905. The maximum atomic E-state index is 10.2. The average molecular weight is 289 g/mol. The number of ether oxygens (including phenoxy) is 1. The molecule has 0 unspecified atom stereocenters. The molecular formula is C18H27NO2. The van der Waals surface area contributed by atoms with E-state index in [4.69, 9.17) is 4.74 Å². The number of piperidine rings is 1. The standard InChI is InChI=1S/C18H27NO2/c1-14-5-2-3-10-19(14)12-17(20)13-21-18-9-8-15-6-4-7-16(15)11-18/h8-9,11,14,17,20H,2-7,10,12-13H2,1H3/t14-,17+/m0/s1. The van der Waals surface area contributed by atoms with Gasteiger partial charge in [0.05, 0.1) is 0 Å². The molecule has 0 saturated carbocycles. The van der Waals surface area contributed by atoms with Crippen LogP contribution in [0, 0.1) is 0 Å². The van der Waals surface area contributed by atoms with Crippen LogP contribution in [0.5, 0.6) is 5.75 Å². The van der Waals surface area contributed by atoms with Gasteiger partial charge in [0.15, 0.2) is 0 Å². The first-order chi connectivity index (χ1) is 10.2. The highest BCUT2D eigenvalue weighted by Crippen LogP contribution is 2.26. The summed E-state index contributed by atoms with van der Waals surface area (Å²) in [5.74, 6) is 0.904. The molecule has 1 aromatic carbocycles. The first kappa shape index (κ1) is 14.9. The Morgan fingerprint density at radius 1 is 1.24 bits per heavy atom. The Labute approximate surface area is 127 Å².